The highest BCUT2D eigenvalue weighted by molar-refractivity contribution is 7.99. The van der Waals surface area contributed by atoms with Gasteiger partial charge in [-0.3, -0.25) is 4.79 Å². The van der Waals surface area contributed by atoms with Gasteiger partial charge in [-0.15, -0.1) is 0 Å². The molecule has 1 fully saturated rings. The van der Waals surface area contributed by atoms with E-state index in [-0.39, 0.29) is 5.91 Å². The molecule has 15 heavy (non-hydrogen) atoms. The topological polar surface area (TPSA) is 41.1 Å². The van der Waals surface area contributed by atoms with Crippen molar-refractivity contribution in [2.75, 3.05) is 31.6 Å². The summed E-state index contributed by atoms with van der Waals surface area (Å²) in [4.78, 5) is 10.9. The first-order valence-electron chi connectivity index (χ1n) is 5.82. The molecular weight excluding hydrogens is 208 g/mol. The van der Waals surface area contributed by atoms with E-state index < -0.39 is 0 Å². The van der Waals surface area contributed by atoms with Gasteiger partial charge in [0.25, 0.3) is 0 Å². The molecule has 0 aromatic heterocycles. The summed E-state index contributed by atoms with van der Waals surface area (Å²) in [5.74, 6) is 3.66. The molecule has 0 bridgehead atoms. The van der Waals surface area contributed by atoms with E-state index in [0.717, 1.165) is 25.4 Å². The average Bonchev–Trinajstić information content (AvgIpc) is 2.29. The van der Waals surface area contributed by atoms with Gasteiger partial charge in [0.1, 0.15) is 0 Å². The van der Waals surface area contributed by atoms with Crippen molar-refractivity contribution in [1.82, 2.24) is 10.6 Å². The van der Waals surface area contributed by atoms with Crippen molar-refractivity contribution in [3.05, 3.63) is 0 Å². The summed E-state index contributed by atoms with van der Waals surface area (Å²) < 4.78 is 0. The number of hydrogen-bond donors (Lipinski definition) is 2. The Morgan fingerprint density at radius 3 is 2.80 bits per heavy atom. The van der Waals surface area contributed by atoms with Gasteiger partial charge < -0.3 is 10.6 Å². The summed E-state index contributed by atoms with van der Waals surface area (Å²) in [6, 6.07) is 0. The van der Waals surface area contributed by atoms with E-state index in [1.165, 1.54) is 24.3 Å². The zero-order chi connectivity index (χ0) is 10.9. The normalized spacial score (nSPS) is 17.7. The lowest BCUT2D eigenvalue weighted by molar-refractivity contribution is -0.120. The molecule has 1 heterocycles. The highest BCUT2D eigenvalue weighted by atomic mass is 32.2. The molecule has 1 rings (SSSR count). The Labute approximate surface area is 96.8 Å². The smallest absolute Gasteiger partial charge is 0.219 e. The van der Waals surface area contributed by atoms with Crippen LogP contribution in [0.25, 0.3) is 0 Å². The SMILES string of the molecule is CNC(=O)CCCNCC1CCSCC1. The van der Waals surface area contributed by atoms with E-state index in [1.807, 2.05) is 0 Å². The van der Waals surface area contributed by atoms with Gasteiger partial charge in [-0.1, -0.05) is 0 Å². The number of amides is 1. The van der Waals surface area contributed by atoms with Crippen molar-refractivity contribution in [1.29, 1.82) is 0 Å². The van der Waals surface area contributed by atoms with Crippen LogP contribution in [0.3, 0.4) is 0 Å². The predicted octanol–water partition coefficient (Wildman–Crippen LogP) is 1.25. The minimum absolute atomic E-state index is 0.144. The van der Waals surface area contributed by atoms with E-state index in [4.69, 9.17) is 0 Å². The summed E-state index contributed by atoms with van der Waals surface area (Å²) in [5, 5.41) is 6.08. The molecule has 0 aromatic rings. The largest absolute Gasteiger partial charge is 0.359 e. The molecule has 1 aliphatic heterocycles. The molecule has 0 unspecified atom stereocenters. The highest BCUT2D eigenvalue weighted by Crippen LogP contribution is 2.21. The molecule has 0 radical (unpaired) electrons. The van der Waals surface area contributed by atoms with Gasteiger partial charge >= 0.3 is 0 Å². The van der Waals surface area contributed by atoms with Gasteiger partial charge in [0.15, 0.2) is 0 Å². The first-order chi connectivity index (χ1) is 7.33. The van der Waals surface area contributed by atoms with E-state index in [2.05, 4.69) is 22.4 Å². The van der Waals surface area contributed by atoms with Crippen molar-refractivity contribution in [3.8, 4) is 0 Å². The van der Waals surface area contributed by atoms with Crippen LogP contribution in [0.2, 0.25) is 0 Å². The maximum absolute atomic E-state index is 10.9. The van der Waals surface area contributed by atoms with Crippen molar-refractivity contribution < 1.29 is 4.79 Å². The van der Waals surface area contributed by atoms with Crippen molar-refractivity contribution >= 4 is 17.7 Å². The number of nitrogens with one attached hydrogen (secondary N) is 2. The lowest BCUT2D eigenvalue weighted by Crippen LogP contribution is -2.27. The number of carbonyl (C=O) groups excluding carboxylic acids is 1. The van der Waals surface area contributed by atoms with Crippen LogP contribution in [0.5, 0.6) is 0 Å². The molecule has 3 nitrogen and oxygen atoms in total. The number of hydrogen-bond acceptors (Lipinski definition) is 3. The van der Waals surface area contributed by atoms with Gasteiger partial charge in [-0.25, -0.2) is 0 Å². The molecule has 0 spiro atoms. The van der Waals surface area contributed by atoms with Crippen LogP contribution in [-0.2, 0) is 4.79 Å². The van der Waals surface area contributed by atoms with Gasteiger partial charge in [0.05, 0.1) is 0 Å². The molecule has 0 aliphatic carbocycles. The lowest BCUT2D eigenvalue weighted by Gasteiger charge is -2.21. The van der Waals surface area contributed by atoms with E-state index in [9.17, 15) is 4.79 Å². The molecule has 0 atom stereocenters. The van der Waals surface area contributed by atoms with Gasteiger partial charge in [0.2, 0.25) is 5.91 Å². The minimum atomic E-state index is 0.144. The fourth-order valence-corrected chi connectivity index (χ4v) is 2.96. The minimum Gasteiger partial charge on any atom is -0.359 e. The Hall–Kier alpha value is -0.220. The fraction of sp³-hybridized carbons (Fsp3) is 0.909. The molecular formula is C11H22N2OS. The predicted molar refractivity (Wildman–Crippen MR) is 66.2 cm³/mol. The molecule has 2 N–H and O–H groups in total. The Morgan fingerprint density at radius 1 is 1.40 bits per heavy atom. The van der Waals surface area contributed by atoms with Gasteiger partial charge in [-0.2, -0.15) is 11.8 Å². The van der Waals surface area contributed by atoms with Crippen LogP contribution in [0, 0.1) is 5.92 Å². The van der Waals surface area contributed by atoms with Crippen LogP contribution in [0.15, 0.2) is 0 Å². The third kappa shape index (κ3) is 6.05. The third-order valence-corrected chi connectivity index (χ3v) is 3.86. The Kier molecular flexibility index (Phi) is 6.85. The highest BCUT2D eigenvalue weighted by Gasteiger charge is 2.12. The molecule has 88 valence electrons. The molecule has 1 aliphatic rings. The zero-order valence-corrected chi connectivity index (χ0v) is 10.4. The summed E-state index contributed by atoms with van der Waals surface area (Å²) in [5.41, 5.74) is 0. The Morgan fingerprint density at radius 2 is 2.13 bits per heavy atom. The summed E-state index contributed by atoms with van der Waals surface area (Å²) >= 11 is 2.07. The molecule has 1 saturated heterocycles. The Bertz CT molecular complexity index is 181. The van der Waals surface area contributed by atoms with E-state index in [1.54, 1.807) is 7.05 Å². The second-order valence-corrected chi connectivity index (χ2v) is 5.26. The monoisotopic (exact) mass is 230 g/mol. The molecule has 0 saturated carbocycles. The second kappa shape index (κ2) is 7.99. The van der Waals surface area contributed by atoms with Gasteiger partial charge in [0, 0.05) is 13.5 Å². The second-order valence-electron chi connectivity index (χ2n) is 4.04. The van der Waals surface area contributed by atoms with Crippen molar-refractivity contribution in [3.63, 3.8) is 0 Å². The maximum atomic E-state index is 10.9. The Balaban J connectivity index is 1.89. The number of thioether (sulfide) groups is 1. The summed E-state index contributed by atoms with van der Waals surface area (Å²) in [7, 11) is 1.69. The zero-order valence-electron chi connectivity index (χ0n) is 9.55. The van der Waals surface area contributed by atoms with Crippen molar-refractivity contribution in [2.45, 2.75) is 25.7 Å². The lowest BCUT2D eigenvalue weighted by atomic mass is 10.0. The molecule has 1 amide bonds. The first kappa shape index (κ1) is 12.8. The van der Waals surface area contributed by atoms with E-state index >= 15 is 0 Å². The van der Waals surface area contributed by atoms with Crippen LogP contribution in [-0.4, -0.2) is 37.6 Å². The average molecular weight is 230 g/mol. The van der Waals surface area contributed by atoms with Crippen LogP contribution < -0.4 is 10.6 Å². The maximum Gasteiger partial charge on any atom is 0.219 e. The van der Waals surface area contributed by atoms with E-state index in [0.29, 0.717) is 6.42 Å². The molecule has 0 aromatic carbocycles. The molecule has 4 heteroatoms. The van der Waals surface area contributed by atoms with Crippen LogP contribution in [0.4, 0.5) is 0 Å². The van der Waals surface area contributed by atoms with Gasteiger partial charge in [-0.05, 0) is 49.8 Å². The number of carbonyl (C=O) groups is 1. The van der Waals surface area contributed by atoms with Crippen LogP contribution in [0.1, 0.15) is 25.7 Å². The van der Waals surface area contributed by atoms with Crippen molar-refractivity contribution in [2.24, 2.45) is 5.92 Å². The van der Waals surface area contributed by atoms with Crippen LogP contribution >= 0.6 is 11.8 Å². The summed E-state index contributed by atoms with van der Waals surface area (Å²) in [6.45, 7) is 2.10. The standard InChI is InChI=1S/C11H22N2OS/c1-12-11(14)3-2-6-13-9-10-4-7-15-8-5-10/h10,13H,2-9H2,1H3,(H,12,14). The quantitative estimate of drug-likeness (QED) is 0.675. The fourth-order valence-electron chi connectivity index (χ4n) is 1.76. The first-order valence-corrected chi connectivity index (χ1v) is 6.97. The third-order valence-electron chi connectivity index (χ3n) is 2.81. The number of rotatable bonds is 6. The summed E-state index contributed by atoms with van der Waals surface area (Å²) in [6.07, 6.45) is 4.30.